The van der Waals surface area contributed by atoms with Crippen LogP contribution in [0, 0.1) is 23.2 Å². The maximum Gasteiger partial charge on any atom is 0.0313 e. The first-order valence-electron chi connectivity index (χ1n) is 4.21. The Kier molecular flexibility index (Phi) is 2.04. The summed E-state index contributed by atoms with van der Waals surface area (Å²) in [6.45, 7) is 6.54. The van der Waals surface area contributed by atoms with Gasteiger partial charge in [-0.15, -0.1) is 0 Å². The Morgan fingerprint density at radius 1 is 1.40 bits per heavy atom. The summed E-state index contributed by atoms with van der Waals surface area (Å²) < 4.78 is 0. The summed E-state index contributed by atoms with van der Waals surface area (Å²) in [5.74, 6) is 7.16. The van der Waals surface area contributed by atoms with Crippen molar-refractivity contribution in [1.29, 1.82) is 0 Å². The van der Waals surface area contributed by atoms with E-state index in [2.05, 4.69) is 32.6 Å². The Hall–Kier alpha value is -0.440. The van der Waals surface area contributed by atoms with E-state index in [1.54, 1.807) is 0 Å². The van der Waals surface area contributed by atoms with E-state index >= 15 is 0 Å². The van der Waals surface area contributed by atoms with E-state index in [-0.39, 0.29) is 0 Å². The molecule has 0 N–H and O–H groups in total. The molecule has 0 heterocycles. The summed E-state index contributed by atoms with van der Waals surface area (Å²) in [6, 6.07) is 0. The molecule has 0 atom stereocenters. The van der Waals surface area contributed by atoms with Gasteiger partial charge in [-0.05, 0) is 19.3 Å². The van der Waals surface area contributed by atoms with E-state index in [1.165, 1.54) is 19.3 Å². The van der Waals surface area contributed by atoms with Gasteiger partial charge in [0, 0.05) is 11.3 Å². The maximum atomic E-state index is 3.37. The molecular weight excluding hydrogens is 120 g/mol. The Labute approximate surface area is 64.0 Å². The van der Waals surface area contributed by atoms with Crippen molar-refractivity contribution in [3.05, 3.63) is 0 Å². The molecule has 0 aliphatic heterocycles. The summed E-state index contributed by atoms with van der Waals surface area (Å²) in [7, 11) is 0. The van der Waals surface area contributed by atoms with Crippen molar-refractivity contribution in [1.82, 2.24) is 0 Å². The zero-order chi connectivity index (χ0) is 7.61. The van der Waals surface area contributed by atoms with E-state index in [0.29, 0.717) is 11.3 Å². The minimum Gasteiger partial charge on any atom is -0.0999 e. The highest BCUT2D eigenvalue weighted by Crippen LogP contribution is 2.47. The van der Waals surface area contributed by atoms with Crippen LogP contribution in [0.3, 0.4) is 0 Å². The second kappa shape index (κ2) is 2.66. The van der Waals surface area contributed by atoms with Gasteiger partial charge in [-0.25, -0.2) is 0 Å². The normalized spacial score (nSPS) is 20.0. The Balaban J connectivity index is 2.46. The fourth-order valence-corrected chi connectivity index (χ4v) is 1.02. The molecule has 0 bridgehead atoms. The standard InChI is InChI=1S/C10H16/c1-4-10(7-8-10)6-5-9(2)3/h9H,4,7-8H2,1-3H3. The largest absolute Gasteiger partial charge is 0.0999 e. The molecule has 0 aromatic heterocycles. The van der Waals surface area contributed by atoms with Gasteiger partial charge in [0.1, 0.15) is 0 Å². The van der Waals surface area contributed by atoms with Crippen LogP contribution in [0.2, 0.25) is 0 Å². The molecule has 0 aromatic rings. The predicted molar refractivity (Wildman–Crippen MR) is 44.6 cm³/mol. The van der Waals surface area contributed by atoms with Crippen LogP contribution in [0.1, 0.15) is 40.0 Å². The lowest BCUT2D eigenvalue weighted by atomic mass is 10.0. The van der Waals surface area contributed by atoms with E-state index in [0.717, 1.165) is 0 Å². The van der Waals surface area contributed by atoms with Gasteiger partial charge in [0.25, 0.3) is 0 Å². The van der Waals surface area contributed by atoms with Crippen LogP contribution in [-0.2, 0) is 0 Å². The molecule has 0 saturated heterocycles. The lowest BCUT2D eigenvalue weighted by molar-refractivity contribution is 0.648. The molecule has 0 nitrogen and oxygen atoms in total. The van der Waals surface area contributed by atoms with Crippen molar-refractivity contribution < 1.29 is 0 Å². The molecule has 10 heavy (non-hydrogen) atoms. The van der Waals surface area contributed by atoms with Crippen LogP contribution in [0.5, 0.6) is 0 Å². The van der Waals surface area contributed by atoms with Crippen LogP contribution in [-0.4, -0.2) is 0 Å². The molecule has 0 heteroatoms. The second-order valence-electron chi connectivity index (χ2n) is 3.56. The molecule has 0 radical (unpaired) electrons. The minimum atomic E-state index is 0.463. The van der Waals surface area contributed by atoms with Gasteiger partial charge in [-0.2, -0.15) is 0 Å². The van der Waals surface area contributed by atoms with E-state index < -0.39 is 0 Å². The summed E-state index contributed by atoms with van der Waals surface area (Å²) in [4.78, 5) is 0. The molecule has 0 unspecified atom stereocenters. The molecule has 0 amide bonds. The molecule has 56 valence electrons. The third-order valence-electron chi connectivity index (χ3n) is 2.16. The van der Waals surface area contributed by atoms with Crippen LogP contribution < -0.4 is 0 Å². The van der Waals surface area contributed by atoms with Crippen molar-refractivity contribution in [2.75, 3.05) is 0 Å². The number of rotatable bonds is 1. The van der Waals surface area contributed by atoms with E-state index in [1.807, 2.05) is 0 Å². The number of hydrogen-bond acceptors (Lipinski definition) is 0. The SMILES string of the molecule is CCC1(C#CC(C)C)CC1. The van der Waals surface area contributed by atoms with Crippen molar-refractivity contribution >= 4 is 0 Å². The van der Waals surface area contributed by atoms with Gasteiger partial charge in [-0.3, -0.25) is 0 Å². The topological polar surface area (TPSA) is 0 Å². The summed E-state index contributed by atoms with van der Waals surface area (Å²) >= 11 is 0. The monoisotopic (exact) mass is 136 g/mol. The average molecular weight is 136 g/mol. The van der Waals surface area contributed by atoms with Crippen molar-refractivity contribution in [2.24, 2.45) is 11.3 Å². The third kappa shape index (κ3) is 1.77. The van der Waals surface area contributed by atoms with Crippen LogP contribution >= 0.6 is 0 Å². The molecule has 0 aromatic carbocycles. The average Bonchev–Trinajstić information content (AvgIpc) is 2.64. The molecule has 1 aliphatic carbocycles. The molecule has 1 fully saturated rings. The maximum absolute atomic E-state index is 3.37. The van der Waals surface area contributed by atoms with Gasteiger partial charge in [0.15, 0.2) is 0 Å². The van der Waals surface area contributed by atoms with Gasteiger partial charge in [-0.1, -0.05) is 32.6 Å². The minimum absolute atomic E-state index is 0.463. The first-order chi connectivity index (χ1) is 4.68. The molecule has 1 saturated carbocycles. The second-order valence-corrected chi connectivity index (χ2v) is 3.56. The Morgan fingerprint density at radius 2 is 2.00 bits per heavy atom. The highest BCUT2D eigenvalue weighted by atomic mass is 14.4. The Morgan fingerprint density at radius 3 is 2.30 bits per heavy atom. The first kappa shape index (κ1) is 7.66. The van der Waals surface area contributed by atoms with Gasteiger partial charge in [0.2, 0.25) is 0 Å². The third-order valence-corrected chi connectivity index (χ3v) is 2.16. The molecule has 1 aliphatic rings. The predicted octanol–water partition coefficient (Wildman–Crippen LogP) is 2.84. The lowest BCUT2D eigenvalue weighted by Gasteiger charge is -2.00. The van der Waals surface area contributed by atoms with E-state index in [9.17, 15) is 0 Å². The molecule has 1 rings (SSSR count). The zero-order valence-electron chi connectivity index (χ0n) is 7.20. The highest BCUT2D eigenvalue weighted by molar-refractivity contribution is 5.19. The fraction of sp³-hybridized carbons (Fsp3) is 0.800. The van der Waals surface area contributed by atoms with Gasteiger partial charge in [0.05, 0.1) is 0 Å². The quantitative estimate of drug-likeness (QED) is 0.486. The van der Waals surface area contributed by atoms with E-state index in [4.69, 9.17) is 0 Å². The fourth-order valence-electron chi connectivity index (χ4n) is 1.02. The summed E-state index contributed by atoms with van der Waals surface area (Å²) in [5, 5.41) is 0. The van der Waals surface area contributed by atoms with Crippen LogP contribution in [0.15, 0.2) is 0 Å². The number of hydrogen-bond donors (Lipinski definition) is 0. The van der Waals surface area contributed by atoms with Crippen molar-refractivity contribution in [2.45, 2.75) is 40.0 Å². The first-order valence-corrected chi connectivity index (χ1v) is 4.21. The van der Waals surface area contributed by atoms with Gasteiger partial charge >= 0.3 is 0 Å². The van der Waals surface area contributed by atoms with Crippen LogP contribution in [0.4, 0.5) is 0 Å². The Bertz CT molecular complexity index is 162. The molecular formula is C10H16. The molecule has 0 spiro atoms. The van der Waals surface area contributed by atoms with Gasteiger partial charge < -0.3 is 0 Å². The summed E-state index contributed by atoms with van der Waals surface area (Å²) in [6.07, 6.45) is 3.92. The lowest BCUT2D eigenvalue weighted by Crippen LogP contribution is -1.92. The summed E-state index contributed by atoms with van der Waals surface area (Å²) in [5.41, 5.74) is 0.463. The van der Waals surface area contributed by atoms with Crippen molar-refractivity contribution in [3.63, 3.8) is 0 Å². The van der Waals surface area contributed by atoms with Crippen LogP contribution in [0.25, 0.3) is 0 Å². The highest BCUT2D eigenvalue weighted by Gasteiger charge is 2.38. The van der Waals surface area contributed by atoms with Crippen molar-refractivity contribution in [3.8, 4) is 11.8 Å². The smallest absolute Gasteiger partial charge is 0.0313 e. The zero-order valence-corrected chi connectivity index (χ0v) is 7.20.